The first-order chi connectivity index (χ1) is 7.16. The van der Waals surface area contributed by atoms with Crippen molar-refractivity contribution in [3.8, 4) is 5.75 Å². The molecule has 0 aliphatic heterocycles. The van der Waals surface area contributed by atoms with E-state index >= 15 is 0 Å². The summed E-state index contributed by atoms with van der Waals surface area (Å²) in [4.78, 5) is 0. The van der Waals surface area contributed by atoms with Crippen LogP contribution in [-0.4, -0.2) is 6.10 Å². The van der Waals surface area contributed by atoms with Gasteiger partial charge in [0.1, 0.15) is 5.75 Å². The normalized spacial score (nSPS) is 16.9. The van der Waals surface area contributed by atoms with Crippen LogP contribution in [0.2, 0.25) is 10.0 Å². The van der Waals surface area contributed by atoms with Crippen molar-refractivity contribution in [3.63, 3.8) is 0 Å². The molecule has 0 unspecified atom stereocenters. The minimum absolute atomic E-state index is 0.281. The molecule has 1 aromatic rings. The fourth-order valence-corrected chi connectivity index (χ4v) is 2.25. The van der Waals surface area contributed by atoms with Crippen molar-refractivity contribution < 1.29 is 4.74 Å². The number of nitrogens with two attached hydrogens (primary N) is 1. The number of nitrogen functional groups attached to an aromatic ring is 1. The summed E-state index contributed by atoms with van der Waals surface area (Å²) in [7, 11) is 0. The Hall–Kier alpha value is -0.600. The van der Waals surface area contributed by atoms with E-state index in [-0.39, 0.29) is 6.10 Å². The molecule has 0 bridgehead atoms. The molecule has 1 aromatic carbocycles. The summed E-state index contributed by atoms with van der Waals surface area (Å²) in [6.45, 7) is 0. The molecule has 0 saturated heterocycles. The average molecular weight is 246 g/mol. The predicted molar refractivity (Wildman–Crippen MR) is 63.8 cm³/mol. The van der Waals surface area contributed by atoms with Crippen molar-refractivity contribution in [2.24, 2.45) is 0 Å². The van der Waals surface area contributed by atoms with E-state index in [1.807, 2.05) is 0 Å². The van der Waals surface area contributed by atoms with Gasteiger partial charge in [-0.05, 0) is 31.7 Å². The van der Waals surface area contributed by atoms with Gasteiger partial charge in [0.15, 0.2) is 0 Å². The Morgan fingerprint density at radius 2 is 1.80 bits per heavy atom. The number of benzene rings is 1. The van der Waals surface area contributed by atoms with Gasteiger partial charge in [0.2, 0.25) is 0 Å². The summed E-state index contributed by atoms with van der Waals surface area (Å²) in [6, 6.07) is 3.33. The second-order valence-electron chi connectivity index (χ2n) is 3.83. The fraction of sp³-hybridized carbons (Fsp3) is 0.455. The topological polar surface area (TPSA) is 35.2 Å². The zero-order valence-electron chi connectivity index (χ0n) is 8.30. The van der Waals surface area contributed by atoms with Crippen LogP contribution in [0.4, 0.5) is 5.69 Å². The zero-order valence-corrected chi connectivity index (χ0v) is 9.81. The molecular weight excluding hydrogens is 233 g/mol. The molecule has 0 radical (unpaired) electrons. The van der Waals surface area contributed by atoms with Crippen LogP contribution >= 0.6 is 23.2 Å². The summed E-state index contributed by atoms with van der Waals surface area (Å²) in [5.41, 5.74) is 6.20. The largest absolute Gasteiger partial charge is 0.489 e. The molecule has 0 atom stereocenters. The van der Waals surface area contributed by atoms with E-state index in [0.717, 1.165) is 12.8 Å². The van der Waals surface area contributed by atoms with E-state index < -0.39 is 0 Å². The second-order valence-corrected chi connectivity index (χ2v) is 4.64. The molecule has 4 heteroatoms. The first-order valence-electron chi connectivity index (χ1n) is 5.08. The van der Waals surface area contributed by atoms with Gasteiger partial charge in [0.25, 0.3) is 0 Å². The Bertz CT molecular complexity index is 362. The zero-order chi connectivity index (χ0) is 10.8. The van der Waals surface area contributed by atoms with Gasteiger partial charge in [-0.15, -0.1) is 0 Å². The van der Waals surface area contributed by atoms with Gasteiger partial charge in [-0.3, -0.25) is 0 Å². The molecule has 1 aliphatic rings. The molecule has 0 amide bonds. The molecule has 2 nitrogen and oxygen atoms in total. The highest BCUT2D eigenvalue weighted by atomic mass is 35.5. The SMILES string of the molecule is Nc1cc(OC2CCCC2)c(Cl)cc1Cl. The lowest BCUT2D eigenvalue weighted by atomic mass is 10.2. The van der Waals surface area contributed by atoms with E-state index in [4.69, 9.17) is 33.7 Å². The van der Waals surface area contributed by atoms with Crippen LogP contribution in [-0.2, 0) is 0 Å². The first kappa shape index (κ1) is 10.9. The number of ether oxygens (including phenoxy) is 1. The molecular formula is C11H13Cl2NO. The third-order valence-corrected chi connectivity index (χ3v) is 3.27. The van der Waals surface area contributed by atoms with Crippen molar-refractivity contribution in [2.45, 2.75) is 31.8 Å². The monoisotopic (exact) mass is 245 g/mol. The lowest BCUT2D eigenvalue weighted by Crippen LogP contribution is -2.11. The number of halogens is 2. The van der Waals surface area contributed by atoms with Gasteiger partial charge in [-0.1, -0.05) is 23.2 Å². The van der Waals surface area contributed by atoms with Gasteiger partial charge in [-0.2, -0.15) is 0 Å². The first-order valence-corrected chi connectivity index (χ1v) is 5.83. The summed E-state index contributed by atoms with van der Waals surface area (Å²) in [5, 5.41) is 1.000. The molecule has 0 aromatic heterocycles. The number of hydrogen-bond donors (Lipinski definition) is 1. The summed E-state index contributed by atoms with van der Waals surface area (Å²) < 4.78 is 5.77. The third-order valence-electron chi connectivity index (χ3n) is 2.65. The van der Waals surface area contributed by atoms with Gasteiger partial charge < -0.3 is 10.5 Å². The molecule has 2 N–H and O–H groups in total. The highest BCUT2D eigenvalue weighted by Gasteiger charge is 2.18. The Labute approximate surface area is 99.3 Å². The Morgan fingerprint density at radius 1 is 1.13 bits per heavy atom. The molecule has 15 heavy (non-hydrogen) atoms. The molecule has 0 heterocycles. The van der Waals surface area contributed by atoms with Crippen molar-refractivity contribution >= 4 is 28.9 Å². The number of anilines is 1. The van der Waals surface area contributed by atoms with Crippen molar-refractivity contribution in [3.05, 3.63) is 22.2 Å². The van der Waals surface area contributed by atoms with E-state index in [0.29, 0.717) is 21.5 Å². The van der Waals surface area contributed by atoms with Crippen LogP contribution in [0.25, 0.3) is 0 Å². The molecule has 1 saturated carbocycles. The minimum atomic E-state index is 0.281. The lowest BCUT2D eigenvalue weighted by molar-refractivity contribution is 0.210. The van der Waals surface area contributed by atoms with Crippen LogP contribution in [0.3, 0.4) is 0 Å². The van der Waals surface area contributed by atoms with Gasteiger partial charge in [0, 0.05) is 6.07 Å². The van der Waals surface area contributed by atoms with Crippen LogP contribution in [0.5, 0.6) is 5.75 Å². The van der Waals surface area contributed by atoms with Crippen molar-refractivity contribution in [1.29, 1.82) is 0 Å². The van der Waals surface area contributed by atoms with Gasteiger partial charge in [0.05, 0.1) is 21.8 Å². The summed E-state index contributed by atoms with van der Waals surface area (Å²) in [6.07, 6.45) is 4.93. The Balaban J connectivity index is 2.16. The predicted octanol–water partition coefficient (Wildman–Crippen LogP) is 3.90. The van der Waals surface area contributed by atoms with Crippen LogP contribution < -0.4 is 10.5 Å². The Morgan fingerprint density at radius 3 is 2.47 bits per heavy atom. The molecule has 1 aliphatic carbocycles. The summed E-state index contributed by atoms with van der Waals surface area (Å²) >= 11 is 11.9. The van der Waals surface area contributed by atoms with Gasteiger partial charge in [-0.25, -0.2) is 0 Å². The average Bonchev–Trinajstić information content (AvgIpc) is 2.67. The Kier molecular flexibility index (Phi) is 3.27. The van der Waals surface area contributed by atoms with Crippen LogP contribution in [0, 0.1) is 0 Å². The van der Waals surface area contributed by atoms with Crippen LogP contribution in [0.15, 0.2) is 12.1 Å². The molecule has 0 spiro atoms. The van der Waals surface area contributed by atoms with Crippen molar-refractivity contribution in [1.82, 2.24) is 0 Å². The summed E-state index contributed by atoms with van der Waals surface area (Å²) in [5.74, 6) is 0.644. The fourth-order valence-electron chi connectivity index (χ4n) is 1.82. The maximum atomic E-state index is 6.01. The van der Waals surface area contributed by atoms with E-state index in [9.17, 15) is 0 Å². The van der Waals surface area contributed by atoms with E-state index in [2.05, 4.69) is 0 Å². The van der Waals surface area contributed by atoms with E-state index in [1.54, 1.807) is 12.1 Å². The lowest BCUT2D eigenvalue weighted by Gasteiger charge is -2.15. The van der Waals surface area contributed by atoms with Crippen LogP contribution in [0.1, 0.15) is 25.7 Å². The number of rotatable bonds is 2. The molecule has 1 fully saturated rings. The number of hydrogen-bond acceptors (Lipinski definition) is 2. The minimum Gasteiger partial charge on any atom is -0.489 e. The highest BCUT2D eigenvalue weighted by molar-refractivity contribution is 6.37. The maximum Gasteiger partial charge on any atom is 0.140 e. The van der Waals surface area contributed by atoms with E-state index in [1.165, 1.54) is 12.8 Å². The van der Waals surface area contributed by atoms with Crippen molar-refractivity contribution in [2.75, 3.05) is 5.73 Å². The smallest absolute Gasteiger partial charge is 0.140 e. The standard InChI is InChI=1S/C11H13Cl2NO/c12-8-5-9(13)11(6-10(8)14)15-7-3-1-2-4-7/h5-7H,1-4,14H2. The highest BCUT2D eigenvalue weighted by Crippen LogP contribution is 2.35. The van der Waals surface area contributed by atoms with Gasteiger partial charge >= 0.3 is 0 Å². The molecule has 82 valence electrons. The molecule has 2 rings (SSSR count). The second kappa shape index (κ2) is 4.50. The maximum absolute atomic E-state index is 6.01. The quantitative estimate of drug-likeness (QED) is 0.803. The third kappa shape index (κ3) is 2.50.